The third kappa shape index (κ3) is 2.58. The van der Waals surface area contributed by atoms with Gasteiger partial charge < -0.3 is 5.32 Å². The van der Waals surface area contributed by atoms with Crippen LogP contribution in [0.1, 0.15) is 17.0 Å². The maximum absolute atomic E-state index is 6.17. The number of benzene rings is 2. The average molecular weight is 357 g/mol. The standard InChI is InChI=1S/C18H14Cl2N4/c1-11-6-8-12(9-7-11)17-21-10-15-22-13-4-2-3-5-14(13)24(15)18(23-17)16(19)20/h2-9H,10H2,1H3,(H,21,23). The molecule has 24 heavy (non-hydrogen) atoms. The number of aryl methyl sites for hydroxylation is 1. The number of halogens is 2. The van der Waals surface area contributed by atoms with E-state index in [2.05, 4.69) is 22.2 Å². The van der Waals surface area contributed by atoms with Crippen LogP contribution in [-0.4, -0.2) is 15.4 Å². The first-order valence-corrected chi connectivity index (χ1v) is 8.29. The second-order valence-corrected chi connectivity index (χ2v) is 6.57. The molecule has 0 saturated heterocycles. The van der Waals surface area contributed by atoms with Gasteiger partial charge in [-0.15, -0.1) is 0 Å². The number of rotatable bonds is 1. The first-order chi connectivity index (χ1) is 11.6. The first kappa shape index (κ1) is 15.2. The van der Waals surface area contributed by atoms with Gasteiger partial charge in [0.25, 0.3) is 0 Å². The summed E-state index contributed by atoms with van der Waals surface area (Å²) in [6.07, 6.45) is 0. The van der Waals surface area contributed by atoms with Crippen molar-refractivity contribution in [2.24, 2.45) is 4.99 Å². The van der Waals surface area contributed by atoms with E-state index in [4.69, 9.17) is 23.2 Å². The molecule has 3 aromatic rings. The molecule has 1 aliphatic heterocycles. The fourth-order valence-corrected chi connectivity index (χ4v) is 3.06. The van der Waals surface area contributed by atoms with Gasteiger partial charge in [0.15, 0.2) is 0 Å². The van der Waals surface area contributed by atoms with Crippen LogP contribution in [0.5, 0.6) is 0 Å². The highest BCUT2D eigenvalue weighted by Crippen LogP contribution is 2.27. The molecular formula is C18H14Cl2N4. The SMILES string of the molecule is Cc1ccc(C2=NCc3nc4ccccc4n3C(=C(Cl)Cl)N2)cc1. The largest absolute Gasteiger partial charge is 0.324 e. The normalized spacial score (nSPS) is 14.0. The van der Waals surface area contributed by atoms with Gasteiger partial charge >= 0.3 is 0 Å². The minimum absolute atomic E-state index is 0.140. The van der Waals surface area contributed by atoms with E-state index in [0.717, 1.165) is 28.3 Å². The molecule has 120 valence electrons. The summed E-state index contributed by atoms with van der Waals surface area (Å²) < 4.78 is 2.07. The fourth-order valence-electron chi connectivity index (χ4n) is 2.80. The Hall–Kier alpha value is -2.30. The molecule has 1 aliphatic rings. The highest BCUT2D eigenvalue weighted by molar-refractivity contribution is 6.58. The Bertz CT molecular complexity index is 980. The molecule has 1 N–H and O–H groups in total. The fraction of sp³-hybridized carbons (Fsp3) is 0.111. The molecule has 0 atom stereocenters. The van der Waals surface area contributed by atoms with Crippen LogP contribution in [0.15, 0.2) is 58.0 Å². The van der Waals surface area contributed by atoms with Crippen molar-refractivity contribution in [2.45, 2.75) is 13.5 Å². The van der Waals surface area contributed by atoms with Gasteiger partial charge in [0.2, 0.25) is 0 Å². The lowest BCUT2D eigenvalue weighted by molar-refractivity contribution is 0.901. The van der Waals surface area contributed by atoms with E-state index in [9.17, 15) is 0 Å². The Morgan fingerprint density at radius 1 is 1.08 bits per heavy atom. The lowest BCUT2D eigenvalue weighted by atomic mass is 10.1. The number of aliphatic imine (C=N–C) groups is 1. The van der Waals surface area contributed by atoms with Gasteiger partial charge in [-0.25, -0.2) is 4.98 Å². The highest BCUT2D eigenvalue weighted by atomic mass is 35.5. The molecule has 4 nitrogen and oxygen atoms in total. The van der Waals surface area contributed by atoms with Crippen LogP contribution < -0.4 is 5.32 Å². The van der Waals surface area contributed by atoms with Crippen LogP contribution in [0.2, 0.25) is 0 Å². The van der Waals surface area contributed by atoms with E-state index in [1.807, 2.05) is 53.1 Å². The second-order valence-electron chi connectivity index (χ2n) is 5.62. The van der Waals surface area contributed by atoms with Crippen molar-refractivity contribution in [3.8, 4) is 0 Å². The van der Waals surface area contributed by atoms with Crippen LogP contribution in [0.3, 0.4) is 0 Å². The zero-order chi connectivity index (χ0) is 16.7. The van der Waals surface area contributed by atoms with Crippen LogP contribution in [0.25, 0.3) is 16.9 Å². The van der Waals surface area contributed by atoms with Crippen LogP contribution in [0, 0.1) is 6.92 Å². The molecule has 0 unspecified atom stereocenters. The van der Waals surface area contributed by atoms with Crippen LogP contribution in [0.4, 0.5) is 0 Å². The van der Waals surface area contributed by atoms with Gasteiger partial charge in [-0.05, 0) is 19.1 Å². The van der Waals surface area contributed by atoms with E-state index < -0.39 is 0 Å². The topological polar surface area (TPSA) is 42.2 Å². The lowest BCUT2D eigenvalue weighted by Crippen LogP contribution is -2.25. The molecule has 0 bridgehead atoms. The number of hydrogen-bond acceptors (Lipinski definition) is 3. The van der Waals surface area contributed by atoms with Crippen molar-refractivity contribution in [3.63, 3.8) is 0 Å². The van der Waals surface area contributed by atoms with Crippen LogP contribution >= 0.6 is 23.2 Å². The Balaban J connectivity index is 1.87. The van der Waals surface area contributed by atoms with Crippen molar-refractivity contribution < 1.29 is 0 Å². The average Bonchev–Trinajstić information content (AvgIpc) is 2.83. The van der Waals surface area contributed by atoms with Gasteiger partial charge in [0.1, 0.15) is 22.0 Å². The molecule has 6 heteroatoms. The molecule has 4 rings (SSSR count). The van der Waals surface area contributed by atoms with Crippen molar-refractivity contribution in [3.05, 3.63) is 70.0 Å². The monoisotopic (exact) mass is 356 g/mol. The summed E-state index contributed by atoms with van der Waals surface area (Å²) in [6, 6.07) is 16.0. The van der Waals surface area contributed by atoms with Gasteiger partial charge in [-0.1, -0.05) is 65.2 Å². The van der Waals surface area contributed by atoms with Gasteiger partial charge in [0.05, 0.1) is 17.6 Å². The van der Waals surface area contributed by atoms with E-state index in [-0.39, 0.29) is 4.49 Å². The maximum Gasteiger partial charge on any atom is 0.148 e. The molecule has 1 aromatic heterocycles. The third-order valence-corrected chi connectivity index (χ3v) is 4.33. The third-order valence-electron chi connectivity index (χ3n) is 3.97. The Kier molecular flexibility index (Phi) is 3.79. The summed E-state index contributed by atoms with van der Waals surface area (Å²) in [7, 11) is 0. The summed E-state index contributed by atoms with van der Waals surface area (Å²) in [4.78, 5) is 9.32. The summed E-state index contributed by atoms with van der Waals surface area (Å²) in [5.74, 6) is 2.08. The Morgan fingerprint density at radius 2 is 1.83 bits per heavy atom. The minimum atomic E-state index is 0.140. The molecule has 2 heterocycles. The number of imidazole rings is 1. The number of fused-ring (bicyclic) bond motifs is 3. The summed E-state index contributed by atoms with van der Waals surface area (Å²) in [5.41, 5.74) is 3.99. The molecule has 0 fully saturated rings. The molecule has 2 aromatic carbocycles. The van der Waals surface area contributed by atoms with Crippen molar-refractivity contribution in [1.29, 1.82) is 0 Å². The predicted octanol–water partition coefficient (Wildman–Crippen LogP) is 4.46. The smallest absolute Gasteiger partial charge is 0.148 e. The molecule has 0 saturated carbocycles. The summed E-state index contributed by atoms with van der Waals surface area (Å²) in [6.45, 7) is 2.49. The highest BCUT2D eigenvalue weighted by Gasteiger charge is 2.21. The van der Waals surface area contributed by atoms with Gasteiger partial charge in [-0.2, -0.15) is 0 Å². The number of hydrogen-bond donors (Lipinski definition) is 1. The predicted molar refractivity (Wildman–Crippen MR) is 99.2 cm³/mol. The van der Waals surface area contributed by atoms with E-state index in [1.165, 1.54) is 5.56 Å². The van der Waals surface area contributed by atoms with Crippen molar-refractivity contribution >= 4 is 45.9 Å². The van der Waals surface area contributed by atoms with Gasteiger partial charge in [0, 0.05) is 5.56 Å². The first-order valence-electron chi connectivity index (χ1n) is 7.54. The molecule has 0 amide bonds. The van der Waals surface area contributed by atoms with E-state index >= 15 is 0 Å². The van der Waals surface area contributed by atoms with Crippen molar-refractivity contribution in [1.82, 2.24) is 14.9 Å². The maximum atomic E-state index is 6.17. The Labute approximate surface area is 149 Å². The minimum Gasteiger partial charge on any atom is -0.324 e. The molecule has 0 spiro atoms. The number of nitrogens with zero attached hydrogens (tertiary/aromatic N) is 3. The number of para-hydroxylation sites is 2. The molecule has 0 aliphatic carbocycles. The number of amidine groups is 1. The summed E-state index contributed by atoms with van der Waals surface area (Å²) in [5, 5.41) is 3.27. The van der Waals surface area contributed by atoms with E-state index in [1.54, 1.807) is 0 Å². The van der Waals surface area contributed by atoms with Crippen molar-refractivity contribution in [2.75, 3.05) is 0 Å². The number of aromatic nitrogens is 2. The number of nitrogens with one attached hydrogen (secondary N) is 1. The van der Waals surface area contributed by atoms with E-state index in [0.29, 0.717) is 12.4 Å². The Morgan fingerprint density at radius 3 is 2.58 bits per heavy atom. The lowest BCUT2D eigenvalue weighted by Gasteiger charge is -2.14. The van der Waals surface area contributed by atoms with Crippen LogP contribution in [-0.2, 0) is 6.54 Å². The molecule has 0 radical (unpaired) electrons. The molecular weight excluding hydrogens is 343 g/mol. The second kappa shape index (κ2) is 5.96. The summed E-state index contributed by atoms with van der Waals surface area (Å²) >= 11 is 12.3. The van der Waals surface area contributed by atoms with Gasteiger partial charge in [-0.3, -0.25) is 9.56 Å². The zero-order valence-corrected chi connectivity index (χ0v) is 14.4. The zero-order valence-electron chi connectivity index (χ0n) is 12.9. The quantitative estimate of drug-likeness (QED) is 0.699.